The normalized spacial score (nSPS) is 11.0. The number of hydrogen-bond donors (Lipinski definition) is 2. The van der Waals surface area contributed by atoms with Crippen LogP contribution in [0, 0.1) is 6.92 Å². The predicted octanol–water partition coefficient (Wildman–Crippen LogP) is 5.03. The highest BCUT2D eigenvalue weighted by molar-refractivity contribution is 7.19. The Balaban J connectivity index is 1.75. The number of nitrogen functional groups attached to an aromatic ring is 1. The van der Waals surface area contributed by atoms with Gasteiger partial charge >= 0.3 is 6.03 Å². The van der Waals surface area contributed by atoms with E-state index in [0.29, 0.717) is 11.5 Å². The number of nitrogens with two attached hydrogens (primary N) is 2. The highest BCUT2D eigenvalue weighted by Crippen LogP contribution is 2.40. The Morgan fingerprint density at radius 2 is 1.66 bits per heavy atom. The number of anilines is 3. The highest BCUT2D eigenvalue weighted by atomic mass is 32.1. The van der Waals surface area contributed by atoms with Gasteiger partial charge in [0.15, 0.2) is 0 Å². The summed E-state index contributed by atoms with van der Waals surface area (Å²) < 4.78 is 0. The average molecular weight is 404 g/mol. The third kappa shape index (κ3) is 3.40. The van der Waals surface area contributed by atoms with Crippen LogP contribution < -0.4 is 16.4 Å². The predicted molar refractivity (Wildman–Crippen MR) is 120 cm³/mol. The molecule has 0 atom stereocenters. The molecule has 0 aliphatic heterocycles. The molecule has 0 fully saturated rings. The average Bonchev–Trinajstić information content (AvgIpc) is 3.06. The minimum Gasteiger partial charge on any atom is -0.383 e. The van der Waals surface area contributed by atoms with E-state index in [1.54, 1.807) is 11.3 Å². The van der Waals surface area contributed by atoms with Crippen molar-refractivity contribution in [1.82, 2.24) is 9.97 Å². The molecule has 2 heterocycles. The second-order valence-corrected chi connectivity index (χ2v) is 7.92. The number of rotatable bonds is 4. The number of aromatic nitrogens is 2. The van der Waals surface area contributed by atoms with Crippen molar-refractivity contribution in [1.29, 1.82) is 0 Å². The molecular formula is C22H21N5OS. The van der Waals surface area contributed by atoms with Crippen molar-refractivity contribution < 1.29 is 4.79 Å². The third-order valence-corrected chi connectivity index (χ3v) is 5.94. The molecule has 0 saturated carbocycles. The van der Waals surface area contributed by atoms with E-state index in [2.05, 4.69) is 16.9 Å². The lowest BCUT2D eigenvalue weighted by Crippen LogP contribution is -2.31. The van der Waals surface area contributed by atoms with Crippen LogP contribution in [0.4, 0.5) is 22.0 Å². The smallest absolute Gasteiger partial charge is 0.323 e. The molecule has 7 heteroatoms. The van der Waals surface area contributed by atoms with E-state index in [0.717, 1.165) is 38.3 Å². The third-order valence-electron chi connectivity index (χ3n) is 4.93. The zero-order valence-corrected chi connectivity index (χ0v) is 17.0. The second-order valence-electron chi connectivity index (χ2n) is 6.71. The Labute approximate surface area is 172 Å². The molecule has 2 amide bonds. The molecule has 4 N–H and O–H groups in total. The van der Waals surface area contributed by atoms with Gasteiger partial charge in [0.2, 0.25) is 0 Å². The summed E-state index contributed by atoms with van der Waals surface area (Å²) in [6.07, 6.45) is 2.42. The summed E-state index contributed by atoms with van der Waals surface area (Å²) in [5.74, 6) is 0.466. The van der Waals surface area contributed by atoms with Gasteiger partial charge in [0, 0.05) is 10.4 Å². The lowest BCUT2D eigenvalue weighted by molar-refractivity contribution is 0.256. The second kappa shape index (κ2) is 7.52. The molecule has 2 aromatic carbocycles. The first kappa shape index (κ1) is 18.9. The molecule has 6 nitrogen and oxygen atoms in total. The first-order valence-corrected chi connectivity index (χ1v) is 10.1. The van der Waals surface area contributed by atoms with Crippen LogP contribution in [0.3, 0.4) is 0 Å². The zero-order valence-electron chi connectivity index (χ0n) is 16.2. The van der Waals surface area contributed by atoms with Crippen LogP contribution in [0.15, 0.2) is 54.9 Å². The monoisotopic (exact) mass is 403 g/mol. The lowest BCUT2D eigenvalue weighted by atomic mass is 10.0. The first-order valence-electron chi connectivity index (χ1n) is 9.28. The summed E-state index contributed by atoms with van der Waals surface area (Å²) in [5, 5.41) is 0.865. The molecule has 0 spiro atoms. The fraction of sp³-hybridized carbons (Fsp3) is 0.136. The van der Waals surface area contributed by atoms with E-state index in [-0.39, 0.29) is 0 Å². The molecule has 0 aliphatic carbocycles. The van der Waals surface area contributed by atoms with Gasteiger partial charge in [-0.3, -0.25) is 4.90 Å². The van der Waals surface area contributed by atoms with Crippen LogP contribution in [0.2, 0.25) is 0 Å². The van der Waals surface area contributed by atoms with Crippen LogP contribution >= 0.6 is 11.3 Å². The fourth-order valence-corrected chi connectivity index (χ4v) is 4.50. The summed E-state index contributed by atoms with van der Waals surface area (Å²) in [5.41, 5.74) is 16.4. The number of aryl methyl sites for hydroxylation is 2. The lowest BCUT2D eigenvalue weighted by Gasteiger charge is -2.21. The zero-order chi connectivity index (χ0) is 20.5. The minimum absolute atomic E-state index is 0.466. The minimum atomic E-state index is -0.531. The van der Waals surface area contributed by atoms with E-state index in [1.807, 2.05) is 55.5 Å². The van der Waals surface area contributed by atoms with Crippen LogP contribution in [0.25, 0.3) is 21.3 Å². The van der Waals surface area contributed by atoms with E-state index < -0.39 is 6.03 Å². The Morgan fingerprint density at radius 1 is 1.03 bits per heavy atom. The van der Waals surface area contributed by atoms with Crippen molar-refractivity contribution in [2.45, 2.75) is 20.3 Å². The van der Waals surface area contributed by atoms with E-state index in [1.165, 1.54) is 16.8 Å². The number of thiophene rings is 1. The van der Waals surface area contributed by atoms with Crippen LogP contribution in [-0.2, 0) is 6.42 Å². The van der Waals surface area contributed by atoms with Gasteiger partial charge in [0.05, 0.1) is 16.8 Å². The molecule has 0 aliphatic rings. The van der Waals surface area contributed by atoms with Gasteiger partial charge in [-0.1, -0.05) is 31.2 Å². The van der Waals surface area contributed by atoms with Gasteiger partial charge in [0.1, 0.15) is 17.0 Å². The molecule has 2 aromatic heterocycles. The van der Waals surface area contributed by atoms with Gasteiger partial charge in [0.25, 0.3) is 0 Å². The highest BCUT2D eigenvalue weighted by Gasteiger charge is 2.18. The van der Waals surface area contributed by atoms with E-state index in [4.69, 9.17) is 11.5 Å². The Bertz CT molecular complexity index is 1180. The maximum atomic E-state index is 12.2. The number of fused-ring (bicyclic) bond motifs is 1. The van der Waals surface area contributed by atoms with Gasteiger partial charge in [-0.2, -0.15) is 0 Å². The molecule has 4 aromatic rings. The molecule has 4 rings (SSSR count). The van der Waals surface area contributed by atoms with Crippen molar-refractivity contribution in [3.05, 3.63) is 65.3 Å². The topological polar surface area (TPSA) is 98.1 Å². The summed E-state index contributed by atoms with van der Waals surface area (Å²) in [6.45, 7) is 4.13. The summed E-state index contributed by atoms with van der Waals surface area (Å²) in [7, 11) is 0. The van der Waals surface area contributed by atoms with Crippen molar-refractivity contribution >= 4 is 44.8 Å². The van der Waals surface area contributed by atoms with Crippen LogP contribution in [-0.4, -0.2) is 16.0 Å². The molecule has 146 valence electrons. The number of nitrogens with zero attached hydrogens (tertiary/aromatic N) is 3. The molecule has 29 heavy (non-hydrogen) atoms. The fourth-order valence-electron chi connectivity index (χ4n) is 3.48. The quantitative estimate of drug-likeness (QED) is 0.499. The SMILES string of the molecule is CCc1ccc(N(C(N)=O)c2ccc(-c3c(C)sc4ncnc(N)c34)cc2)cc1. The standard InChI is InChI=1S/C22H21N5OS/c1-3-14-4-8-16(9-5-14)27(22(24)28)17-10-6-15(7-11-17)18-13(2)29-21-19(18)20(23)25-12-26-21/h4-12H,3H2,1-2H3,(H2,24,28)(H2,23,25,26). The number of urea groups is 1. The number of amides is 2. The van der Waals surface area contributed by atoms with E-state index in [9.17, 15) is 4.79 Å². The maximum absolute atomic E-state index is 12.2. The molecular weight excluding hydrogens is 382 g/mol. The van der Waals surface area contributed by atoms with Crippen molar-refractivity contribution in [3.63, 3.8) is 0 Å². The maximum Gasteiger partial charge on any atom is 0.323 e. The molecule has 0 radical (unpaired) electrons. The van der Waals surface area contributed by atoms with Crippen LogP contribution in [0.1, 0.15) is 17.4 Å². The van der Waals surface area contributed by atoms with Gasteiger partial charge in [-0.15, -0.1) is 11.3 Å². The Kier molecular flexibility index (Phi) is 4.90. The summed E-state index contributed by atoms with van der Waals surface area (Å²) in [6, 6.07) is 15.0. The Morgan fingerprint density at radius 3 is 2.24 bits per heavy atom. The Hall–Kier alpha value is -3.45. The largest absolute Gasteiger partial charge is 0.383 e. The van der Waals surface area contributed by atoms with Gasteiger partial charge in [-0.25, -0.2) is 14.8 Å². The number of primary amides is 1. The van der Waals surface area contributed by atoms with Crippen molar-refractivity contribution in [3.8, 4) is 11.1 Å². The van der Waals surface area contributed by atoms with E-state index >= 15 is 0 Å². The summed E-state index contributed by atoms with van der Waals surface area (Å²) in [4.78, 5) is 24.1. The number of carbonyl (C=O) groups excluding carboxylic acids is 1. The number of carbonyl (C=O) groups is 1. The summed E-state index contributed by atoms with van der Waals surface area (Å²) >= 11 is 1.59. The number of benzene rings is 2. The van der Waals surface area contributed by atoms with Crippen molar-refractivity contribution in [2.24, 2.45) is 5.73 Å². The molecule has 0 saturated heterocycles. The first-order chi connectivity index (χ1) is 14.0. The molecule has 0 bridgehead atoms. The van der Waals surface area contributed by atoms with Crippen LogP contribution in [0.5, 0.6) is 0 Å². The van der Waals surface area contributed by atoms with Gasteiger partial charge < -0.3 is 11.5 Å². The van der Waals surface area contributed by atoms with Gasteiger partial charge in [-0.05, 0) is 48.7 Å². The molecule has 0 unspecified atom stereocenters. The van der Waals surface area contributed by atoms with Crippen molar-refractivity contribution in [2.75, 3.05) is 10.6 Å². The number of hydrogen-bond acceptors (Lipinski definition) is 5.